The van der Waals surface area contributed by atoms with Crippen molar-refractivity contribution in [1.82, 2.24) is 4.98 Å². The number of pyridine rings is 1. The second-order valence-electron chi connectivity index (χ2n) is 5.47. The van der Waals surface area contributed by atoms with Crippen LogP contribution in [0.4, 0.5) is 0 Å². The lowest BCUT2D eigenvalue weighted by Crippen LogP contribution is -2.17. The number of benzene rings is 1. The Labute approximate surface area is 162 Å². The van der Waals surface area contributed by atoms with Crippen LogP contribution in [0.1, 0.15) is 46.0 Å². The summed E-state index contributed by atoms with van der Waals surface area (Å²) in [6.07, 6.45) is 0. The summed E-state index contributed by atoms with van der Waals surface area (Å²) >= 11 is 12.4. The molecule has 0 radical (unpaired) electrons. The third-order valence-corrected chi connectivity index (χ3v) is 4.27. The number of aromatic nitrogens is 1. The Morgan fingerprint density at radius 2 is 1.46 bits per heavy atom. The summed E-state index contributed by atoms with van der Waals surface area (Å²) in [6, 6.07) is 4.84. The number of halogens is 2. The second-order valence-corrected chi connectivity index (χ2v) is 6.32. The predicted molar refractivity (Wildman–Crippen MR) is 101 cm³/mol. The van der Waals surface area contributed by atoms with Gasteiger partial charge in [-0.15, -0.1) is 0 Å². The maximum absolute atomic E-state index is 12.6. The molecule has 2 rings (SSSR count). The molecule has 0 fully saturated rings. The topological polar surface area (TPSA) is 65.5 Å². The number of esters is 2. The predicted octanol–water partition coefficient (Wildman–Crippen LogP) is 5.03. The highest BCUT2D eigenvalue weighted by Gasteiger charge is 2.28. The van der Waals surface area contributed by atoms with Crippen molar-refractivity contribution in [3.8, 4) is 11.1 Å². The van der Waals surface area contributed by atoms with Gasteiger partial charge in [0.15, 0.2) is 0 Å². The van der Waals surface area contributed by atoms with Crippen molar-refractivity contribution < 1.29 is 19.1 Å². The Hall–Kier alpha value is -2.11. The van der Waals surface area contributed by atoms with E-state index in [1.807, 2.05) is 0 Å². The number of hydrogen-bond donors (Lipinski definition) is 0. The van der Waals surface area contributed by atoms with Crippen molar-refractivity contribution in [1.29, 1.82) is 0 Å². The minimum atomic E-state index is -0.580. The molecule has 1 aromatic heterocycles. The summed E-state index contributed by atoms with van der Waals surface area (Å²) in [5, 5.41) is 0.746. The van der Waals surface area contributed by atoms with Gasteiger partial charge in [-0.05, 0) is 39.8 Å². The van der Waals surface area contributed by atoms with Crippen molar-refractivity contribution in [2.24, 2.45) is 0 Å². The zero-order chi connectivity index (χ0) is 19.4. The number of carbonyl (C=O) groups is 2. The molecule has 0 saturated heterocycles. The van der Waals surface area contributed by atoms with E-state index in [4.69, 9.17) is 32.7 Å². The summed E-state index contributed by atoms with van der Waals surface area (Å²) in [5.41, 5.74) is 2.07. The fourth-order valence-electron chi connectivity index (χ4n) is 2.72. The molecule has 0 aliphatic carbocycles. The Morgan fingerprint density at radius 3 is 1.88 bits per heavy atom. The zero-order valence-electron chi connectivity index (χ0n) is 15.0. The molecule has 0 unspecified atom stereocenters. The van der Waals surface area contributed by atoms with E-state index >= 15 is 0 Å². The molecule has 0 spiro atoms. The molecule has 5 nitrogen and oxygen atoms in total. The van der Waals surface area contributed by atoms with Gasteiger partial charge >= 0.3 is 11.9 Å². The van der Waals surface area contributed by atoms with E-state index in [0.717, 1.165) is 0 Å². The van der Waals surface area contributed by atoms with Crippen molar-refractivity contribution in [2.75, 3.05) is 13.2 Å². The Morgan fingerprint density at radius 1 is 0.962 bits per heavy atom. The molecule has 26 heavy (non-hydrogen) atoms. The minimum Gasteiger partial charge on any atom is -0.462 e. The van der Waals surface area contributed by atoms with Gasteiger partial charge in [0.25, 0.3) is 0 Å². The Balaban J connectivity index is 2.90. The summed E-state index contributed by atoms with van der Waals surface area (Å²) in [4.78, 5) is 29.5. The lowest BCUT2D eigenvalue weighted by molar-refractivity contribution is 0.0525. The van der Waals surface area contributed by atoms with E-state index < -0.39 is 11.9 Å². The normalized spacial score (nSPS) is 10.5. The van der Waals surface area contributed by atoms with Gasteiger partial charge in [-0.3, -0.25) is 4.98 Å². The molecular weight excluding hydrogens is 377 g/mol. The first-order valence-electron chi connectivity index (χ1n) is 8.12. The molecular formula is C19H19Cl2NO4. The highest BCUT2D eigenvalue weighted by molar-refractivity contribution is 6.36. The number of aryl methyl sites for hydroxylation is 2. The first-order chi connectivity index (χ1) is 12.3. The van der Waals surface area contributed by atoms with Crippen LogP contribution in [0.15, 0.2) is 18.2 Å². The third-order valence-electron chi connectivity index (χ3n) is 3.72. The fraction of sp³-hybridized carbons (Fsp3) is 0.316. The second kappa shape index (κ2) is 8.52. The molecule has 7 heteroatoms. The average Bonchev–Trinajstić information content (AvgIpc) is 2.54. The molecule has 0 saturated carbocycles. The standard InChI is InChI=1S/C19H19Cl2NO4/c1-5-25-18(23)15-10(3)22-11(4)16(19(24)26-6-2)17(15)13-8-7-12(20)9-14(13)21/h7-9H,5-6H2,1-4H3. The maximum Gasteiger partial charge on any atom is 0.340 e. The number of carbonyl (C=O) groups excluding carboxylic acids is 2. The number of nitrogens with zero attached hydrogens (tertiary/aromatic N) is 1. The van der Waals surface area contributed by atoms with Gasteiger partial charge in [0.2, 0.25) is 0 Å². The van der Waals surface area contributed by atoms with Crippen LogP contribution in [0.25, 0.3) is 11.1 Å². The van der Waals surface area contributed by atoms with E-state index in [0.29, 0.717) is 32.6 Å². The van der Waals surface area contributed by atoms with Crippen LogP contribution in [0.3, 0.4) is 0 Å². The van der Waals surface area contributed by atoms with E-state index in [1.54, 1.807) is 45.9 Å². The first-order valence-corrected chi connectivity index (χ1v) is 8.88. The summed E-state index contributed by atoms with van der Waals surface area (Å²) in [6.45, 7) is 7.15. The van der Waals surface area contributed by atoms with E-state index in [1.165, 1.54) is 0 Å². The SMILES string of the molecule is CCOC(=O)c1c(C)nc(C)c(C(=O)OCC)c1-c1ccc(Cl)cc1Cl. The van der Waals surface area contributed by atoms with E-state index in [9.17, 15) is 9.59 Å². The minimum absolute atomic E-state index is 0.185. The van der Waals surface area contributed by atoms with E-state index in [-0.39, 0.29) is 24.3 Å². The van der Waals surface area contributed by atoms with Crippen LogP contribution in [-0.2, 0) is 9.47 Å². The van der Waals surface area contributed by atoms with Crippen LogP contribution in [0.5, 0.6) is 0 Å². The van der Waals surface area contributed by atoms with Gasteiger partial charge in [0.1, 0.15) is 0 Å². The average molecular weight is 396 g/mol. The molecule has 0 amide bonds. The first kappa shape index (κ1) is 20.2. The summed E-state index contributed by atoms with van der Waals surface area (Å²) in [5.74, 6) is -1.16. The smallest absolute Gasteiger partial charge is 0.340 e. The Kier molecular flexibility index (Phi) is 6.62. The van der Waals surface area contributed by atoms with Gasteiger partial charge in [-0.25, -0.2) is 9.59 Å². The number of ether oxygens (including phenoxy) is 2. The fourth-order valence-corrected chi connectivity index (χ4v) is 3.22. The summed E-state index contributed by atoms with van der Waals surface area (Å²) < 4.78 is 10.3. The van der Waals surface area contributed by atoms with Gasteiger partial charge in [-0.1, -0.05) is 29.3 Å². The molecule has 2 aromatic rings. The van der Waals surface area contributed by atoms with Crippen molar-refractivity contribution in [3.63, 3.8) is 0 Å². The monoisotopic (exact) mass is 395 g/mol. The maximum atomic E-state index is 12.6. The molecule has 0 atom stereocenters. The molecule has 0 aliphatic heterocycles. The van der Waals surface area contributed by atoms with Gasteiger partial charge < -0.3 is 9.47 Å². The van der Waals surface area contributed by atoms with Crippen LogP contribution in [0.2, 0.25) is 10.0 Å². The van der Waals surface area contributed by atoms with Crippen LogP contribution < -0.4 is 0 Å². The van der Waals surface area contributed by atoms with E-state index in [2.05, 4.69) is 4.98 Å². The van der Waals surface area contributed by atoms with Gasteiger partial charge in [-0.2, -0.15) is 0 Å². The largest absolute Gasteiger partial charge is 0.462 e. The summed E-state index contributed by atoms with van der Waals surface area (Å²) in [7, 11) is 0. The molecule has 138 valence electrons. The number of rotatable bonds is 5. The van der Waals surface area contributed by atoms with Crippen LogP contribution in [0, 0.1) is 13.8 Å². The van der Waals surface area contributed by atoms with Gasteiger partial charge in [0, 0.05) is 21.2 Å². The molecule has 1 aromatic carbocycles. The molecule has 0 N–H and O–H groups in total. The molecule has 0 aliphatic rings. The van der Waals surface area contributed by atoms with Crippen LogP contribution in [-0.4, -0.2) is 30.1 Å². The zero-order valence-corrected chi connectivity index (χ0v) is 16.5. The lowest BCUT2D eigenvalue weighted by Gasteiger charge is -2.18. The highest BCUT2D eigenvalue weighted by atomic mass is 35.5. The Bertz CT molecular complexity index is 823. The lowest BCUT2D eigenvalue weighted by atomic mass is 9.92. The quantitative estimate of drug-likeness (QED) is 0.664. The molecule has 0 bridgehead atoms. The van der Waals surface area contributed by atoms with Gasteiger partial charge in [0.05, 0.1) is 35.7 Å². The van der Waals surface area contributed by atoms with Crippen LogP contribution >= 0.6 is 23.2 Å². The molecule has 1 heterocycles. The highest BCUT2D eigenvalue weighted by Crippen LogP contribution is 2.37. The van der Waals surface area contributed by atoms with Crippen molar-refractivity contribution in [2.45, 2.75) is 27.7 Å². The third kappa shape index (κ3) is 4.00. The van der Waals surface area contributed by atoms with Crippen molar-refractivity contribution >= 4 is 35.1 Å². The van der Waals surface area contributed by atoms with Crippen molar-refractivity contribution in [3.05, 3.63) is 50.8 Å². The number of hydrogen-bond acceptors (Lipinski definition) is 5.